The van der Waals surface area contributed by atoms with Gasteiger partial charge in [0.2, 0.25) is 6.10 Å². The molecular weight excluding hydrogens is 380 g/mol. The molecule has 26 heavy (non-hydrogen) atoms. The minimum Gasteiger partial charge on any atom is -0.478 e. The fourth-order valence-electron chi connectivity index (χ4n) is 2.35. The van der Waals surface area contributed by atoms with Crippen LogP contribution >= 0.6 is 11.6 Å². The van der Waals surface area contributed by atoms with Gasteiger partial charge in [0.25, 0.3) is 0 Å². The van der Waals surface area contributed by atoms with Gasteiger partial charge < -0.3 is 14.6 Å². The zero-order chi connectivity index (χ0) is 19.1. The Labute approximate surface area is 149 Å². The van der Waals surface area contributed by atoms with Crippen molar-refractivity contribution in [2.45, 2.75) is 12.3 Å². The molecule has 1 aliphatic heterocycles. The number of alkyl halides is 3. The van der Waals surface area contributed by atoms with Crippen molar-refractivity contribution in [3.8, 4) is 17.2 Å². The number of ether oxygens (including phenoxy) is 2. The molecule has 0 aliphatic carbocycles. The molecule has 0 fully saturated rings. The summed E-state index contributed by atoms with van der Waals surface area (Å²) in [5, 5.41) is 8.99. The number of hydrogen-bond acceptors (Lipinski definition) is 3. The predicted molar refractivity (Wildman–Crippen MR) is 84.0 cm³/mol. The van der Waals surface area contributed by atoms with Crippen LogP contribution in [0, 0.1) is 5.82 Å². The number of hydrogen-bond donors (Lipinski definition) is 1. The third-order valence-electron chi connectivity index (χ3n) is 3.47. The van der Waals surface area contributed by atoms with Crippen LogP contribution in [0.3, 0.4) is 0 Å². The highest BCUT2D eigenvalue weighted by Gasteiger charge is 2.48. The van der Waals surface area contributed by atoms with E-state index in [4.69, 9.17) is 26.2 Å². The summed E-state index contributed by atoms with van der Waals surface area (Å²) in [5.41, 5.74) is -0.903. The van der Waals surface area contributed by atoms with E-state index in [-0.39, 0.29) is 27.8 Å². The Kier molecular flexibility index (Phi) is 4.53. The minimum atomic E-state index is -4.93. The number of halogens is 5. The van der Waals surface area contributed by atoms with Crippen LogP contribution in [-0.2, 0) is 4.79 Å². The van der Waals surface area contributed by atoms with Crippen LogP contribution in [0.4, 0.5) is 17.6 Å². The zero-order valence-corrected chi connectivity index (χ0v) is 13.4. The van der Waals surface area contributed by atoms with Gasteiger partial charge in [0.05, 0.1) is 10.6 Å². The molecule has 136 valence electrons. The second-order valence-corrected chi connectivity index (χ2v) is 5.73. The summed E-state index contributed by atoms with van der Waals surface area (Å²) in [6.07, 6.45) is -6.71. The maximum atomic E-state index is 13.2. The van der Waals surface area contributed by atoms with Crippen molar-refractivity contribution in [1.82, 2.24) is 0 Å². The van der Waals surface area contributed by atoms with Crippen molar-refractivity contribution >= 4 is 23.6 Å². The maximum absolute atomic E-state index is 13.2. The summed E-state index contributed by atoms with van der Waals surface area (Å²) in [7, 11) is 0. The molecule has 0 aromatic heterocycles. The maximum Gasteiger partial charge on any atom is 0.430 e. The molecule has 0 saturated carbocycles. The second kappa shape index (κ2) is 6.53. The van der Waals surface area contributed by atoms with E-state index in [1.807, 2.05) is 0 Å². The average Bonchev–Trinajstić information content (AvgIpc) is 2.53. The first-order chi connectivity index (χ1) is 12.1. The molecule has 1 atom stereocenters. The lowest BCUT2D eigenvalue weighted by Crippen LogP contribution is -2.40. The van der Waals surface area contributed by atoms with Crippen LogP contribution < -0.4 is 9.47 Å². The van der Waals surface area contributed by atoms with E-state index >= 15 is 0 Å². The fourth-order valence-corrected chi connectivity index (χ4v) is 2.56. The van der Waals surface area contributed by atoms with Crippen LogP contribution in [0.15, 0.2) is 42.0 Å². The van der Waals surface area contributed by atoms with E-state index in [0.29, 0.717) is 0 Å². The van der Waals surface area contributed by atoms with Crippen LogP contribution in [-0.4, -0.2) is 23.4 Å². The lowest BCUT2D eigenvalue weighted by molar-refractivity contribution is -0.187. The number of fused-ring (bicyclic) bond motifs is 1. The van der Waals surface area contributed by atoms with Gasteiger partial charge in [-0.25, -0.2) is 9.18 Å². The van der Waals surface area contributed by atoms with Crippen LogP contribution in [0.5, 0.6) is 17.2 Å². The van der Waals surface area contributed by atoms with Crippen molar-refractivity contribution in [2.24, 2.45) is 0 Å². The number of rotatable bonds is 3. The Morgan fingerprint density at radius 2 is 1.96 bits per heavy atom. The van der Waals surface area contributed by atoms with Crippen LogP contribution in [0.2, 0.25) is 5.02 Å². The van der Waals surface area contributed by atoms with Crippen molar-refractivity contribution in [1.29, 1.82) is 0 Å². The van der Waals surface area contributed by atoms with Gasteiger partial charge in [-0.15, -0.1) is 0 Å². The molecule has 1 N–H and O–H groups in total. The highest BCUT2D eigenvalue weighted by molar-refractivity contribution is 6.32. The summed E-state index contributed by atoms with van der Waals surface area (Å²) in [6, 6.07) is 7.38. The second-order valence-electron chi connectivity index (χ2n) is 5.32. The molecule has 1 unspecified atom stereocenters. The molecule has 9 heteroatoms. The van der Waals surface area contributed by atoms with Crippen molar-refractivity contribution in [2.75, 3.05) is 0 Å². The van der Waals surface area contributed by atoms with Gasteiger partial charge in [-0.1, -0.05) is 17.7 Å². The van der Waals surface area contributed by atoms with Gasteiger partial charge in [-0.3, -0.25) is 0 Å². The number of carboxylic acids is 1. The van der Waals surface area contributed by atoms with Crippen LogP contribution in [0.25, 0.3) is 6.08 Å². The largest absolute Gasteiger partial charge is 0.478 e. The average molecular weight is 389 g/mol. The molecule has 0 radical (unpaired) electrons. The molecule has 2 aromatic rings. The summed E-state index contributed by atoms with van der Waals surface area (Å²) in [4.78, 5) is 11.1. The van der Waals surface area contributed by atoms with Crippen molar-refractivity contribution in [3.05, 3.63) is 58.4 Å². The Morgan fingerprint density at radius 1 is 1.23 bits per heavy atom. The van der Waals surface area contributed by atoms with Gasteiger partial charge in [-0.05, 0) is 24.3 Å². The molecule has 0 bridgehead atoms. The molecule has 0 saturated heterocycles. The highest BCUT2D eigenvalue weighted by Crippen LogP contribution is 2.42. The summed E-state index contributed by atoms with van der Waals surface area (Å²) in [5.74, 6) is -2.57. The third-order valence-corrected chi connectivity index (χ3v) is 3.77. The SMILES string of the molecule is O=C(O)C1=Cc2cc(Cl)c(Oc3cccc(F)c3)cc2OC1C(F)(F)F. The Morgan fingerprint density at radius 3 is 2.58 bits per heavy atom. The van der Waals surface area contributed by atoms with Gasteiger partial charge in [0, 0.05) is 17.7 Å². The Balaban J connectivity index is 2.01. The quantitative estimate of drug-likeness (QED) is 0.746. The fraction of sp³-hybridized carbons (Fsp3) is 0.118. The van der Waals surface area contributed by atoms with E-state index in [1.165, 1.54) is 24.3 Å². The number of carbonyl (C=O) groups is 1. The Hall–Kier alpha value is -2.74. The van der Waals surface area contributed by atoms with Gasteiger partial charge in [0.15, 0.2) is 0 Å². The first-order valence-electron chi connectivity index (χ1n) is 7.10. The number of carboxylic acid groups (broad SMARTS) is 1. The molecular formula is C17H9ClF4O4. The molecule has 0 spiro atoms. The minimum absolute atomic E-state index is 0.0111. The van der Waals surface area contributed by atoms with E-state index in [9.17, 15) is 22.4 Å². The van der Waals surface area contributed by atoms with E-state index in [1.54, 1.807) is 0 Å². The van der Waals surface area contributed by atoms with Crippen molar-refractivity contribution in [3.63, 3.8) is 0 Å². The number of benzene rings is 2. The molecule has 0 amide bonds. The molecule has 1 aliphatic rings. The van der Waals surface area contributed by atoms with Gasteiger partial charge >= 0.3 is 12.1 Å². The lowest BCUT2D eigenvalue weighted by atomic mass is 10.0. The highest BCUT2D eigenvalue weighted by atomic mass is 35.5. The van der Waals surface area contributed by atoms with E-state index < -0.39 is 29.6 Å². The summed E-state index contributed by atoms with van der Waals surface area (Å²) in [6.45, 7) is 0. The smallest absolute Gasteiger partial charge is 0.430 e. The van der Waals surface area contributed by atoms with E-state index in [0.717, 1.165) is 18.2 Å². The third kappa shape index (κ3) is 3.60. The van der Waals surface area contributed by atoms with E-state index in [2.05, 4.69) is 0 Å². The van der Waals surface area contributed by atoms with Crippen molar-refractivity contribution < 1.29 is 36.9 Å². The molecule has 4 nitrogen and oxygen atoms in total. The predicted octanol–water partition coefficient (Wildman–Crippen LogP) is 5.06. The molecule has 2 aromatic carbocycles. The topological polar surface area (TPSA) is 55.8 Å². The lowest BCUT2D eigenvalue weighted by Gasteiger charge is -2.27. The van der Waals surface area contributed by atoms with Gasteiger partial charge in [0.1, 0.15) is 23.1 Å². The zero-order valence-electron chi connectivity index (χ0n) is 12.7. The standard InChI is InChI=1S/C17H9ClF4O4/c18-12-5-8-4-11(16(23)24)15(17(20,21)22)26-13(8)7-14(12)25-10-3-1-2-9(19)6-10/h1-7,15H,(H,23,24). The Bertz CT molecular complexity index is 908. The monoisotopic (exact) mass is 388 g/mol. The van der Waals surface area contributed by atoms with Crippen LogP contribution in [0.1, 0.15) is 5.56 Å². The first-order valence-corrected chi connectivity index (χ1v) is 7.48. The summed E-state index contributed by atoms with van der Waals surface area (Å²) < 4.78 is 62.7. The van der Waals surface area contributed by atoms with Gasteiger partial charge in [-0.2, -0.15) is 13.2 Å². The number of aliphatic carboxylic acids is 1. The molecule has 1 heterocycles. The normalized spacial score (nSPS) is 16.3. The first kappa shape index (κ1) is 18.1. The molecule has 3 rings (SSSR count). The summed E-state index contributed by atoms with van der Waals surface area (Å²) >= 11 is 6.03.